The summed E-state index contributed by atoms with van der Waals surface area (Å²) in [6.45, 7) is -0.309. The van der Waals surface area contributed by atoms with Gasteiger partial charge in [-0.15, -0.1) is 0 Å². The van der Waals surface area contributed by atoms with Crippen LogP contribution in [-0.2, 0) is 4.74 Å². The van der Waals surface area contributed by atoms with Gasteiger partial charge >= 0.3 is 6.09 Å². The van der Waals surface area contributed by atoms with Crippen molar-refractivity contribution in [3.8, 4) is 17.2 Å². The predicted molar refractivity (Wildman–Crippen MR) is 72.9 cm³/mol. The quantitative estimate of drug-likeness (QED) is 0.772. The zero-order valence-corrected chi connectivity index (χ0v) is 11.0. The minimum Gasteiger partial charge on any atom is -0.504 e. The summed E-state index contributed by atoms with van der Waals surface area (Å²) in [5, 5.41) is 19.7. The first-order valence-electron chi connectivity index (χ1n) is 6.08. The molecule has 1 heterocycles. The molecule has 1 aromatic carbocycles. The first kappa shape index (κ1) is 14.6. The molecule has 2 rings (SSSR count). The molecule has 0 bridgehead atoms. The average molecular weight is 290 g/mol. The number of amides is 1. The lowest BCUT2D eigenvalue weighted by molar-refractivity contribution is 0.0716. The molecule has 0 spiro atoms. The number of rotatable bonds is 5. The van der Waals surface area contributed by atoms with Gasteiger partial charge in [-0.3, -0.25) is 4.98 Å². The molecule has 7 heteroatoms. The van der Waals surface area contributed by atoms with Gasteiger partial charge in [0.25, 0.3) is 0 Å². The minimum atomic E-state index is -1.12. The van der Waals surface area contributed by atoms with E-state index in [1.54, 1.807) is 18.2 Å². The van der Waals surface area contributed by atoms with Gasteiger partial charge in [0.2, 0.25) is 0 Å². The monoisotopic (exact) mass is 290 g/mol. The maximum absolute atomic E-state index is 10.6. The van der Waals surface area contributed by atoms with Crippen LogP contribution in [0.2, 0.25) is 0 Å². The molecular formula is C14H14N2O5. The number of carbonyl (C=O) groups excluding carboxylic acids is 1. The van der Waals surface area contributed by atoms with Gasteiger partial charge in [-0.05, 0) is 18.2 Å². The number of hydrogen-bond acceptors (Lipinski definition) is 6. The van der Waals surface area contributed by atoms with E-state index in [1.165, 1.54) is 24.5 Å². The number of nitrogens with zero attached hydrogens (tertiary/aromatic N) is 1. The minimum absolute atomic E-state index is 0.0461. The highest BCUT2D eigenvalue weighted by molar-refractivity contribution is 5.64. The fourth-order valence-electron chi connectivity index (χ4n) is 1.66. The van der Waals surface area contributed by atoms with Crippen LogP contribution in [0.1, 0.15) is 11.7 Å². The molecule has 0 aliphatic heterocycles. The second-order valence-corrected chi connectivity index (χ2v) is 4.13. The summed E-state index contributed by atoms with van der Waals surface area (Å²) in [6, 6.07) is 7.90. The number of phenolic OH excluding ortho intramolecular Hbond substituents is 1. The number of aromatic hydroxyl groups is 1. The Hall–Kier alpha value is -2.80. The Bertz CT molecular complexity index is 632. The average Bonchev–Trinajstić information content (AvgIpc) is 2.47. The van der Waals surface area contributed by atoms with E-state index >= 15 is 0 Å². The fraction of sp³-hybridized carbons (Fsp3) is 0.143. The number of carbonyl (C=O) groups is 1. The van der Waals surface area contributed by atoms with Crippen molar-refractivity contribution in [2.24, 2.45) is 5.73 Å². The first-order valence-corrected chi connectivity index (χ1v) is 6.08. The second kappa shape index (κ2) is 6.58. The summed E-state index contributed by atoms with van der Waals surface area (Å²) in [6.07, 6.45) is 0.739. The van der Waals surface area contributed by atoms with E-state index in [2.05, 4.69) is 9.72 Å². The highest BCUT2D eigenvalue weighted by atomic mass is 16.6. The van der Waals surface area contributed by atoms with E-state index in [9.17, 15) is 15.0 Å². The molecule has 4 N–H and O–H groups in total. The largest absolute Gasteiger partial charge is 0.504 e. The zero-order valence-electron chi connectivity index (χ0n) is 11.0. The maximum atomic E-state index is 10.6. The molecule has 1 amide bonds. The third-order valence-corrected chi connectivity index (χ3v) is 2.64. The Morgan fingerprint density at radius 2 is 2.05 bits per heavy atom. The molecule has 0 saturated heterocycles. The predicted octanol–water partition coefficient (Wildman–Crippen LogP) is 1.71. The molecule has 0 aliphatic rings. The standard InChI is InChI=1S/C14H14N2O5/c15-14(19)20-8-11(18)9-5-6-16-7-13(9)21-12-4-2-1-3-10(12)17/h1-7,11,17-18H,8H2,(H2,15,19). The summed E-state index contributed by atoms with van der Waals surface area (Å²) in [5.41, 5.74) is 5.21. The summed E-state index contributed by atoms with van der Waals surface area (Å²) in [4.78, 5) is 14.5. The van der Waals surface area contributed by atoms with Gasteiger partial charge in [-0.2, -0.15) is 0 Å². The van der Waals surface area contributed by atoms with Gasteiger partial charge in [-0.25, -0.2) is 4.79 Å². The molecule has 7 nitrogen and oxygen atoms in total. The highest BCUT2D eigenvalue weighted by Crippen LogP contribution is 2.33. The molecular weight excluding hydrogens is 276 g/mol. The molecule has 0 aliphatic carbocycles. The van der Waals surface area contributed by atoms with E-state index in [-0.39, 0.29) is 23.9 Å². The van der Waals surface area contributed by atoms with Crippen LogP contribution < -0.4 is 10.5 Å². The molecule has 0 fully saturated rings. The molecule has 0 radical (unpaired) electrons. The molecule has 0 saturated carbocycles. The Balaban J connectivity index is 2.20. The van der Waals surface area contributed by atoms with Crippen molar-refractivity contribution in [3.63, 3.8) is 0 Å². The lowest BCUT2D eigenvalue weighted by atomic mass is 10.1. The van der Waals surface area contributed by atoms with Crippen LogP contribution in [0, 0.1) is 0 Å². The van der Waals surface area contributed by atoms with Gasteiger partial charge < -0.3 is 25.4 Å². The number of nitrogens with two attached hydrogens (primary N) is 1. The van der Waals surface area contributed by atoms with Crippen molar-refractivity contribution >= 4 is 6.09 Å². The Labute approximate surface area is 120 Å². The Kier molecular flexibility index (Phi) is 4.57. The van der Waals surface area contributed by atoms with Crippen molar-refractivity contribution in [2.75, 3.05) is 6.61 Å². The maximum Gasteiger partial charge on any atom is 0.404 e. The van der Waals surface area contributed by atoms with Crippen LogP contribution in [0.5, 0.6) is 17.2 Å². The lowest BCUT2D eigenvalue weighted by Crippen LogP contribution is -2.18. The number of primary amides is 1. The Morgan fingerprint density at radius 1 is 1.29 bits per heavy atom. The number of aliphatic hydroxyl groups is 1. The van der Waals surface area contributed by atoms with E-state index in [1.807, 2.05) is 0 Å². The van der Waals surface area contributed by atoms with Crippen molar-refractivity contribution < 1.29 is 24.5 Å². The van der Waals surface area contributed by atoms with E-state index in [4.69, 9.17) is 10.5 Å². The third kappa shape index (κ3) is 3.83. The molecule has 21 heavy (non-hydrogen) atoms. The molecule has 110 valence electrons. The molecule has 1 aromatic heterocycles. The number of benzene rings is 1. The molecule has 2 aromatic rings. The van der Waals surface area contributed by atoms with Gasteiger partial charge in [-0.1, -0.05) is 12.1 Å². The number of ether oxygens (including phenoxy) is 2. The SMILES string of the molecule is NC(=O)OCC(O)c1ccncc1Oc1ccccc1O. The van der Waals surface area contributed by atoms with Gasteiger partial charge in [0.1, 0.15) is 12.7 Å². The fourth-order valence-corrected chi connectivity index (χ4v) is 1.66. The van der Waals surface area contributed by atoms with E-state index in [0.29, 0.717) is 5.56 Å². The van der Waals surface area contributed by atoms with Crippen molar-refractivity contribution in [1.29, 1.82) is 0 Å². The summed E-state index contributed by atoms with van der Waals surface area (Å²) in [7, 11) is 0. The highest BCUT2D eigenvalue weighted by Gasteiger charge is 2.16. The summed E-state index contributed by atoms with van der Waals surface area (Å²) in [5.74, 6) is 0.407. The number of pyridine rings is 1. The van der Waals surface area contributed by atoms with Crippen LogP contribution >= 0.6 is 0 Å². The number of hydrogen-bond donors (Lipinski definition) is 3. The zero-order chi connectivity index (χ0) is 15.2. The van der Waals surface area contributed by atoms with Crippen LogP contribution in [-0.4, -0.2) is 27.9 Å². The van der Waals surface area contributed by atoms with Gasteiger partial charge in [0.15, 0.2) is 17.2 Å². The molecule has 1 unspecified atom stereocenters. The third-order valence-electron chi connectivity index (χ3n) is 2.64. The van der Waals surface area contributed by atoms with Crippen molar-refractivity contribution in [3.05, 3.63) is 48.3 Å². The smallest absolute Gasteiger partial charge is 0.404 e. The number of phenols is 1. The number of para-hydroxylation sites is 2. The summed E-state index contributed by atoms with van der Waals surface area (Å²) < 4.78 is 10.1. The van der Waals surface area contributed by atoms with Crippen LogP contribution in [0.15, 0.2) is 42.7 Å². The normalized spacial score (nSPS) is 11.7. The van der Waals surface area contributed by atoms with Gasteiger partial charge in [0, 0.05) is 11.8 Å². The van der Waals surface area contributed by atoms with E-state index in [0.717, 1.165) is 0 Å². The Morgan fingerprint density at radius 3 is 2.76 bits per heavy atom. The van der Waals surface area contributed by atoms with Crippen LogP contribution in [0.25, 0.3) is 0 Å². The lowest BCUT2D eigenvalue weighted by Gasteiger charge is -2.15. The van der Waals surface area contributed by atoms with Crippen LogP contribution in [0.4, 0.5) is 4.79 Å². The topological polar surface area (TPSA) is 115 Å². The van der Waals surface area contributed by atoms with Gasteiger partial charge in [0.05, 0.1) is 6.20 Å². The summed E-state index contributed by atoms with van der Waals surface area (Å²) >= 11 is 0. The number of aliphatic hydroxyl groups excluding tert-OH is 1. The van der Waals surface area contributed by atoms with Crippen molar-refractivity contribution in [2.45, 2.75) is 6.10 Å². The first-order chi connectivity index (χ1) is 10.1. The number of aromatic nitrogens is 1. The van der Waals surface area contributed by atoms with Crippen LogP contribution in [0.3, 0.4) is 0 Å². The molecule has 1 atom stereocenters. The van der Waals surface area contributed by atoms with Crippen molar-refractivity contribution in [1.82, 2.24) is 4.98 Å². The second-order valence-electron chi connectivity index (χ2n) is 4.13. The van der Waals surface area contributed by atoms with E-state index < -0.39 is 12.2 Å².